The molecule has 1 N–H and O–H groups in total. The van der Waals surface area contributed by atoms with E-state index in [1.54, 1.807) is 11.7 Å². The Kier molecular flexibility index (Phi) is 5.24. The summed E-state index contributed by atoms with van der Waals surface area (Å²) in [6.07, 6.45) is 2.60. The molecule has 8 heteroatoms. The van der Waals surface area contributed by atoms with E-state index in [1.165, 1.54) is 43.3 Å². The van der Waals surface area contributed by atoms with Gasteiger partial charge in [0.15, 0.2) is 0 Å². The summed E-state index contributed by atoms with van der Waals surface area (Å²) < 4.78 is 1.55. The topological polar surface area (TPSA) is 75.9 Å². The molecule has 0 radical (unpaired) electrons. The molecule has 1 fully saturated rings. The fourth-order valence-corrected chi connectivity index (χ4v) is 3.21. The van der Waals surface area contributed by atoms with Crippen LogP contribution in [0.4, 0.5) is 5.69 Å². The van der Waals surface area contributed by atoms with Crippen molar-refractivity contribution in [1.82, 2.24) is 25.1 Å². The maximum atomic E-state index is 12.0. The molecule has 0 bridgehead atoms. The minimum absolute atomic E-state index is 0.0645. The van der Waals surface area contributed by atoms with E-state index in [2.05, 4.69) is 37.9 Å². The Labute approximate surface area is 139 Å². The van der Waals surface area contributed by atoms with Crippen molar-refractivity contribution in [2.45, 2.75) is 24.5 Å². The maximum absolute atomic E-state index is 12.0. The highest BCUT2D eigenvalue weighted by atomic mass is 32.2. The number of amides is 1. The third kappa shape index (κ3) is 4.52. The molecule has 2 heterocycles. The first-order valence-electron chi connectivity index (χ1n) is 7.67. The second-order valence-electron chi connectivity index (χ2n) is 5.60. The van der Waals surface area contributed by atoms with E-state index in [4.69, 9.17) is 0 Å². The lowest BCUT2D eigenvalue weighted by Crippen LogP contribution is -2.18. The Hall–Kier alpha value is -1.93. The van der Waals surface area contributed by atoms with Crippen molar-refractivity contribution in [3.05, 3.63) is 29.8 Å². The molecule has 1 aliphatic rings. The van der Waals surface area contributed by atoms with E-state index < -0.39 is 0 Å². The number of carbonyl (C=O) groups excluding carboxylic acids is 1. The maximum Gasteiger partial charge on any atom is 0.234 e. The standard InChI is InChI=1S/C15H20N6OS/c1-20-15(17-18-19-20)23-11-14(22)16-13-6-4-12(5-7-13)10-21-8-2-3-9-21/h4-7H,2-3,8-11H2,1H3,(H,16,22). The van der Waals surface area contributed by atoms with Crippen LogP contribution in [0.25, 0.3) is 0 Å². The monoisotopic (exact) mass is 332 g/mol. The zero-order valence-corrected chi connectivity index (χ0v) is 13.9. The number of nitrogens with one attached hydrogen (secondary N) is 1. The number of rotatable bonds is 6. The van der Waals surface area contributed by atoms with Gasteiger partial charge in [-0.25, -0.2) is 4.68 Å². The van der Waals surface area contributed by atoms with Crippen LogP contribution in [0.2, 0.25) is 0 Å². The number of aryl methyl sites for hydroxylation is 1. The first kappa shape index (κ1) is 15.9. The van der Waals surface area contributed by atoms with E-state index in [-0.39, 0.29) is 11.7 Å². The largest absolute Gasteiger partial charge is 0.325 e. The van der Waals surface area contributed by atoms with Crippen molar-refractivity contribution in [2.75, 3.05) is 24.2 Å². The number of benzene rings is 1. The average Bonchev–Trinajstić information content (AvgIpc) is 3.19. The summed E-state index contributed by atoms with van der Waals surface area (Å²) in [6.45, 7) is 3.36. The number of tetrazole rings is 1. The Bertz CT molecular complexity index is 650. The highest BCUT2D eigenvalue weighted by molar-refractivity contribution is 7.99. The minimum atomic E-state index is -0.0645. The molecule has 122 valence electrons. The van der Waals surface area contributed by atoms with Gasteiger partial charge in [-0.3, -0.25) is 9.69 Å². The normalized spacial score (nSPS) is 15.0. The summed E-state index contributed by atoms with van der Waals surface area (Å²) in [5.74, 6) is 0.217. The third-order valence-electron chi connectivity index (χ3n) is 3.76. The van der Waals surface area contributed by atoms with Crippen molar-refractivity contribution in [2.24, 2.45) is 7.05 Å². The Morgan fingerprint density at radius 2 is 2.00 bits per heavy atom. The second-order valence-corrected chi connectivity index (χ2v) is 6.54. The Morgan fingerprint density at radius 1 is 1.26 bits per heavy atom. The number of hydrogen-bond acceptors (Lipinski definition) is 6. The quantitative estimate of drug-likeness (QED) is 0.809. The Morgan fingerprint density at radius 3 is 2.65 bits per heavy atom. The number of nitrogens with zero attached hydrogens (tertiary/aromatic N) is 5. The predicted octanol–water partition coefficient (Wildman–Crippen LogP) is 1.54. The van der Waals surface area contributed by atoms with Crippen molar-refractivity contribution >= 4 is 23.4 Å². The molecule has 1 saturated heterocycles. The van der Waals surface area contributed by atoms with Crippen LogP contribution in [-0.2, 0) is 18.4 Å². The van der Waals surface area contributed by atoms with E-state index in [0.717, 1.165) is 12.2 Å². The number of carbonyl (C=O) groups is 1. The molecule has 0 atom stereocenters. The van der Waals surface area contributed by atoms with Crippen LogP contribution in [0.15, 0.2) is 29.4 Å². The molecule has 0 spiro atoms. The van der Waals surface area contributed by atoms with Gasteiger partial charge >= 0.3 is 0 Å². The fraction of sp³-hybridized carbons (Fsp3) is 0.467. The van der Waals surface area contributed by atoms with Gasteiger partial charge in [0.1, 0.15) is 0 Å². The molecule has 23 heavy (non-hydrogen) atoms. The van der Waals surface area contributed by atoms with Gasteiger partial charge in [0.2, 0.25) is 11.1 Å². The SMILES string of the molecule is Cn1nnnc1SCC(=O)Nc1ccc(CN2CCCC2)cc1. The molecule has 1 aromatic heterocycles. The van der Waals surface area contributed by atoms with Crippen LogP contribution in [-0.4, -0.2) is 49.9 Å². The number of anilines is 1. The van der Waals surface area contributed by atoms with Gasteiger partial charge in [-0.1, -0.05) is 23.9 Å². The zero-order valence-electron chi connectivity index (χ0n) is 13.1. The summed E-state index contributed by atoms with van der Waals surface area (Å²) in [6, 6.07) is 8.07. The fourth-order valence-electron chi connectivity index (χ4n) is 2.56. The van der Waals surface area contributed by atoms with Crippen LogP contribution >= 0.6 is 11.8 Å². The predicted molar refractivity (Wildman–Crippen MR) is 89.1 cm³/mol. The summed E-state index contributed by atoms with van der Waals surface area (Å²) in [5, 5.41) is 14.6. The molecule has 0 aliphatic carbocycles. The van der Waals surface area contributed by atoms with Crippen molar-refractivity contribution in [3.8, 4) is 0 Å². The van der Waals surface area contributed by atoms with Crippen LogP contribution in [0.1, 0.15) is 18.4 Å². The smallest absolute Gasteiger partial charge is 0.234 e. The van der Waals surface area contributed by atoms with Gasteiger partial charge in [-0.15, -0.1) is 5.10 Å². The van der Waals surface area contributed by atoms with E-state index in [0.29, 0.717) is 5.16 Å². The van der Waals surface area contributed by atoms with Crippen LogP contribution in [0, 0.1) is 0 Å². The number of likely N-dealkylation sites (tertiary alicyclic amines) is 1. The van der Waals surface area contributed by atoms with Gasteiger partial charge in [0.25, 0.3) is 0 Å². The van der Waals surface area contributed by atoms with E-state index >= 15 is 0 Å². The molecule has 3 rings (SSSR count). The Balaban J connectivity index is 1.47. The molecule has 2 aromatic rings. The summed E-state index contributed by atoms with van der Waals surface area (Å²) in [5.41, 5.74) is 2.10. The van der Waals surface area contributed by atoms with Gasteiger partial charge in [-0.05, 0) is 54.1 Å². The highest BCUT2D eigenvalue weighted by Gasteiger charge is 2.12. The lowest BCUT2D eigenvalue weighted by molar-refractivity contribution is -0.113. The molecule has 1 amide bonds. The summed E-state index contributed by atoms with van der Waals surface area (Å²) >= 11 is 1.31. The number of thioether (sulfide) groups is 1. The first-order valence-corrected chi connectivity index (χ1v) is 8.65. The molecule has 7 nitrogen and oxygen atoms in total. The third-order valence-corrected chi connectivity index (χ3v) is 4.77. The first-order chi connectivity index (χ1) is 11.2. The van der Waals surface area contributed by atoms with Gasteiger partial charge in [0.05, 0.1) is 5.75 Å². The van der Waals surface area contributed by atoms with Crippen LogP contribution in [0.5, 0.6) is 0 Å². The van der Waals surface area contributed by atoms with Gasteiger partial charge in [0, 0.05) is 19.3 Å². The van der Waals surface area contributed by atoms with Crippen molar-refractivity contribution < 1.29 is 4.79 Å². The summed E-state index contributed by atoms with van der Waals surface area (Å²) in [7, 11) is 1.75. The van der Waals surface area contributed by atoms with Crippen LogP contribution < -0.4 is 5.32 Å². The molecule has 0 saturated carbocycles. The molecule has 1 aliphatic heterocycles. The second kappa shape index (κ2) is 7.56. The highest BCUT2D eigenvalue weighted by Crippen LogP contribution is 2.16. The van der Waals surface area contributed by atoms with Gasteiger partial charge in [-0.2, -0.15) is 0 Å². The van der Waals surface area contributed by atoms with Crippen LogP contribution in [0.3, 0.4) is 0 Å². The van der Waals surface area contributed by atoms with E-state index in [1.807, 2.05) is 12.1 Å². The number of aromatic nitrogens is 4. The molecular weight excluding hydrogens is 312 g/mol. The van der Waals surface area contributed by atoms with Gasteiger partial charge < -0.3 is 5.32 Å². The lowest BCUT2D eigenvalue weighted by atomic mass is 10.2. The molecule has 0 unspecified atom stereocenters. The summed E-state index contributed by atoms with van der Waals surface area (Å²) in [4.78, 5) is 14.4. The lowest BCUT2D eigenvalue weighted by Gasteiger charge is -2.14. The molecular formula is C15H20N6OS. The van der Waals surface area contributed by atoms with Crippen molar-refractivity contribution in [3.63, 3.8) is 0 Å². The zero-order chi connectivity index (χ0) is 16.1. The van der Waals surface area contributed by atoms with E-state index in [9.17, 15) is 4.79 Å². The van der Waals surface area contributed by atoms with Crippen molar-refractivity contribution in [1.29, 1.82) is 0 Å². The number of hydrogen-bond donors (Lipinski definition) is 1. The minimum Gasteiger partial charge on any atom is -0.325 e. The average molecular weight is 332 g/mol. The molecule has 1 aromatic carbocycles.